The standard InChI is InChI=1S/C24H33N3O2/c1-16-13-17(2)21(18(3)14-16)15-22(25)24(29)27-19(4)23(28)26-12-8-11-20-9-6-5-7-10-20/h5-7,9-10,13-14,19,22H,8,11-12,15,25H2,1-4H3,(H,26,28)(H,27,29)/t19-,22?/m1/s1. The van der Waals surface area contributed by atoms with Crippen molar-refractivity contribution in [2.24, 2.45) is 5.73 Å². The summed E-state index contributed by atoms with van der Waals surface area (Å²) in [6.45, 7) is 8.37. The molecule has 5 heteroatoms. The topological polar surface area (TPSA) is 84.2 Å². The third-order valence-electron chi connectivity index (χ3n) is 5.14. The molecule has 0 saturated heterocycles. The van der Waals surface area contributed by atoms with Crippen LogP contribution in [0.3, 0.4) is 0 Å². The molecule has 0 aliphatic carbocycles. The molecule has 0 aromatic heterocycles. The number of amides is 2. The Bertz CT molecular complexity index is 810. The van der Waals surface area contributed by atoms with Gasteiger partial charge in [0.1, 0.15) is 6.04 Å². The van der Waals surface area contributed by atoms with Gasteiger partial charge in [-0.15, -0.1) is 0 Å². The molecule has 2 aromatic rings. The third-order valence-corrected chi connectivity index (χ3v) is 5.14. The highest BCUT2D eigenvalue weighted by atomic mass is 16.2. The van der Waals surface area contributed by atoms with Gasteiger partial charge in [0, 0.05) is 6.54 Å². The van der Waals surface area contributed by atoms with E-state index in [1.165, 1.54) is 11.1 Å². The van der Waals surface area contributed by atoms with Gasteiger partial charge >= 0.3 is 0 Å². The molecule has 5 nitrogen and oxygen atoms in total. The first-order valence-electron chi connectivity index (χ1n) is 10.2. The maximum atomic E-state index is 12.5. The predicted octanol–water partition coefficient (Wildman–Crippen LogP) is 2.74. The number of benzene rings is 2. The van der Waals surface area contributed by atoms with Crippen molar-refractivity contribution in [1.82, 2.24) is 10.6 Å². The number of nitrogens with one attached hydrogen (secondary N) is 2. The molecule has 2 aromatic carbocycles. The first-order valence-corrected chi connectivity index (χ1v) is 10.2. The summed E-state index contributed by atoms with van der Waals surface area (Å²) in [5.74, 6) is -0.502. The van der Waals surface area contributed by atoms with Gasteiger partial charge in [-0.05, 0) is 69.2 Å². The molecule has 156 valence electrons. The minimum Gasteiger partial charge on any atom is -0.354 e. The lowest BCUT2D eigenvalue weighted by Gasteiger charge is -2.19. The number of hydrogen-bond acceptors (Lipinski definition) is 3. The molecule has 2 rings (SSSR count). The van der Waals surface area contributed by atoms with Crippen molar-refractivity contribution in [2.45, 2.75) is 59.0 Å². The second-order valence-electron chi connectivity index (χ2n) is 7.80. The van der Waals surface area contributed by atoms with Crippen LogP contribution in [0.1, 0.15) is 41.2 Å². The minimum atomic E-state index is -0.691. The SMILES string of the molecule is Cc1cc(C)c(CC(N)C(=O)N[C@H](C)C(=O)NCCCc2ccccc2)c(C)c1. The van der Waals surface area contributed by atoms with E-state index in [9.17, 15) is 9.59 Å². The average Bonchev–Trinajstić information content (AvgIpc) is 2.68. The molecule has 0 saturated carbocycles. The van der Waals surface area contributed by atoms with Gasteiger partial charge in [-0.2, -0.15) is 0 Å². The van der Waals surface area contributed by atoms with E-state index in [2.05, 4.69) is 41.8 Å². The lowest BCUT2D eigenvalue weighted by molar-refractivity contribution is -0.129. The van der Waals surface area contributed by atoms with Crippen molar-refractivity contribution in [3.05, 3.63) is 70.3 Å². The van der Waals surface area contributed by atoms with Crippen LogP contribution in [0.5, 0.6) is 0 Å². The second-order valence-corrected chi connectivity index (χ2v) is 7.80. The Balaban J connectivity index is 1.77. The van der Waals surface area contributed by atoms with Crippen LogP contribution in [0.15, 0.2) is 42.5 Å². The molecular weight excluding hydrogens is 362 g/mol. The molecule has 0 aliphatic rings. The Labute approximate surface area is 174 Å². The third kappa shape index (κ3) is 7.02. The van der Waals surface area contributed by atoms with Crippen LogP contribution < -0.4 is 16.4 Å². The van der Waals surface area contributed by atoms with Gasteiger partial charge < -0.3 is 16.4 Å². The quantitative estimate of drug-likeness (QED) is 0.571. The summed E-state index contributed by atoms with van der Waals surface area (Å²) in [6.07, 6.45) is 2.21. The van der Waals surface area contributed by atoms with Gasteiger partial charge in [0.2, 0.25) is 11.8 Å². The Morgan fingerprint density at radius 1 is 1.00 bits per heavy atom. The van der Waals surface area contributed by atoms with Crippen molar-refractivity contribution in [3.8, 4) is 0 Å². The highest BCUT2D eigenvalue weighted by Crippen LogP contribution is 2.17. The fraction of sp³-hybridized carbons (Fsp3) is 0.417. The van der Waals surface area contributed by atoms with E-state index in [-0.39, 0.29) is 11.8 Å². The smallest absolute Gasteiger partial charge is 0.242 e. The van der Waals surface area contributed by atoms with Crippen molar-refractivity contribution in [3.63, 3.8) is 0 Å². The lowest BCUT2D eigenvalue weighted by Crippen LogP contribution is -2.51. The summed E-state index contributed by atoms with van der Waals surface area (Å²) in [5.41, 5.74) is 11.9. The highest BCUT2D eigenvalue weighted by molar-refractivity contribution is 5.89. The molecule has 0 radical (unpaired) electrons. The predicted molar refractivity (Wildman–Crippen MR) is 118 cm³/mol. The molecule has 0 aliphatic heterocycles. The Hall–Kier alpha value is -2.66. The van der Waals surface area contributed by atoms with Gasteiger partial charge in [0.15, 0.2) is 0 Å². The van der Waals surface area contributed by atoms with Crippen LogP contribution in [0.2, 0.25) is 0 Å². The number of aryl methyl sites for hydroxylation is 4. The van der Waals surface area contributed by atoms with Crippen molar-refractivity contribution < 1.29 is 9.59 Å². The molecule has 29 heavy (non-hydrogen) atoms. The molecule has 0 heterocycles. The van der Waals surface area contributed by atoms with Gasteiger partial charge in [0.25, 0.3) is 0 Å². The van der Waals surface area contributed by atoms with E-state index in [4.69, 9.17) is 5.73 Å². The summed E-state index contributed by atoms with van der Waals surface area (Å²) in [6, 6.07) is 13.0. The Kier molecular flexibility index (Phi) is 8.40. The van der Waals surface area contributed by atoms with Crippen molar-refractivity contribution >= 4 is 11.8 Å². The molecule has 0 bridgehead atoms. The van der Waals surface area contributed by atoms with Gasteiger partial charge in [-0.25, -0.2) is 0 Å². The first kappa shape index (κ1) is 22.6. The van der Waals surface area contributed by atoms with Crippen LogP contribution in [0.25, 0.3) is 0 Å². The molecular formula is C24H33N3O2. The molecule has 1 unspecified atom stereocenters. The van der Waals surface area contributed by atoms with E-state index < -0.39 is 12.1 Å². The normalized spacial score (nSPS) is 12.9. The molecule has 0 fully saturated rings. The van der Waals surface area contributed by atoms with Crippen molar-refractivity contribution in [1.29, 1.82) is 0 Å². The molecule has 2 atom stereocenters. The van der Waals surface area contributed by atoms with Crippen LogP contribution in [0.4, 0.5) is 0 Å². The summed E-state index contributed by atoms with van der Waals surface area (Å²) in [4.78, 5) is 24.7. The summed E-state index contributed by atoms with van der Waals surface area (Å²) in [5, 5.41) is 5.61. The summed E-state index contributed by atoms with van der Waals surface area (Å²) >= 11 is 0. The highest BCUT2D eigenvalue weighted by Gasteiger charge is 2.21. The second kappa shape index (κ2) is 10.8. The zero-order valence-electron chi connectivity index (χ0n) is 17.9. The maximum absolute atomic E-state index is 12.5. The number of nitrogens with two attached hydrogens (primary N) is 1. The van der Waals surface area contributed by atoms with E-state index in [0.29, 0.717) is 13.0 Å². The van der Waals surface area contributed by atoms with Gasteiger partial charge in [0.05, 0.1) is 6.04 Å². The van der Waals surface area contributed by atoms with Crippen molar-refractivity contribution in [2.75, 3.05) is 6.54 Å². The average molecular weight is 396 g/mol. The maximum Gasteiger partial charge on any atom is 0.242 e. The fourth-order valence-electron chi connectivity index (χ4n) is 3.53. The minimum absolute atomic E-state index is 0.193. The van der Waals surface area contributed by atoms with E-state index in [1.54, 1.807) is 6.92 Å². The van der Waals surface area contributed by atoms with E-state index >= 15 is 0 Å². The van der Waals surface area contributed by atoms with Gasteiger partial charge in [-0.1, -0.05) is 48.0 Å². The van der Waals surface area contributed by atoms with Gasteiger partial charge in [-0.3, -0.25) is 9.59 Å². The van der Waals surface area contributed by atoms with E-state index in [1.807, 2.05) is 32.0 Å². The lowest BCUT2D eigenvalue weighted by atomic mass is 9.94. The molecule has 4 N–H and O–H groups in total. The number of hydrogen-bond donors (Lipinski definition) is 3. The molecule has 0 spiro atoms. The summed E-state index contributed by atoms with van der Waals surface area (Å²) in [7, 11) is 0. The number of carbonyl (C=O) groups is 2. The fourth-order valence-corrected chi connectivity index (χ4v) is 3.53. The number of carbonyl (C=O) groups excluding carboxylic acids is 2. The zero-order valence-corrected chi connectivity index (χ0v) is 17.9. The van der Waals surface area contributed by atoms with E-state index in [0.717, 1.165) is 29.5 Å². The van der Waals surface area contributed by atoms with Crippen LogP contribution in [0, 0.1) is 20.8 Å². The van der Waals surface area contributed by atoms with Crippen LogP contribution in [-0.2, 0) is 22.4 Å². The first-order chi connectivity index (χ1) is 13.8. The Morgan fingerprint density at radius 2 is 1.62 bits per heavy atom. The summed E-state index contributed by atoms with van der Waals surface area (Å²) < 4.78 is 0. The molecule has 2 amide bonds. The largest absolute Gasteiger partial charge is 0.354 e. The zero-order chi connectivity index (χ0) is 21.4. The van der Waals surface area contributed by atoms with Crippen LogP contribution >= 0.6 is 0 Å². The Morgan fingerprint density at radius 3 is 2.24 bits per heavy atom. The van der Waals surface area contributed by atoms with Crippen LogP contribution in [-0.4, -0.2) is 30.4 Å². The monoisotopic (exact) mass is 395 g/mol. The number of rotatable bonds is 9.